The van der Waals surface area contributed by atoms with Crippen molar-refractivity contribution in [1.82, 2.24) is 5.32 Å². The Hall–Kier alpha value is -2.32. The van der Waals surface area contributed by atoms with Crippen LogP contribution in [-0.4, -0.2) is 111 Å². The molecule has 0 spiro atoms. The quantitative estimate of drug-likeness (QED) is 0.170. The van der Waals surface area contributed by atoms with Gasteiger partial charge in [-0.05, 0) is 6.92 Å². The fraction of sp³-hybridized carbons (Fsp3) is 0.750. The average molecular weight is 425 g/mol. The molecule has 0 heterocycles. The molecule has 0 radical (unpaired) electrons. The summed E-state index contributed by atoms with van der Waals surface area (Å²) in [6.45, 7) is -1.12. The number of aliphatic carboxylic acids is 3. The molecule has 0 atom stereocenters. The second-order valence-corrected chi connectivity index (χ2v) is 5.74. The lowest BCUT2D eigenvalue weighted by Crippen LogP contribution is -2.59. The molecule has 0 unspecified atom stereocenters. The van der Waals surface area contributed by atoms with Crippen molar-refractivity contribution >= 4 is 23.8 Å². The molecule has 0 aliphatic rings. The molecule has 1 amide bonds. The highest BCUT2D eigenvalue weighted by molar-refractivity contribution is 5.78. The molecule has 0 rings (SSSR count). The number of carbonyl (C=O) groups is 4. The summed E-state index contributed by atoms with van der Waals surface area (Å²) in [4.78, 5) is 44.2. The second kappa shape index (κ2) is 15.6. The van der Waals surface area contributed by atoms with E-state index in [0.29, 0.717) is 6.61 Å². The van der Waals surface area contributed by atoms with Gasteiger partial charge in [0.25, 0.3) is 0 Å². The molecule has 0 saturated heterocycles. The zero-order valence-corrected chi connectivity index (χ0v) is 16.1. The minimum Gasteiger partial charge on any atom is -0.480 e. The number of rotatable bonds is 19. The monoisotopic (exact) mass is 425 g/mol. The van der Waals surface area contributed by atoms with E-state index in [9.17, 15) is 19.2 Å². The number of hydrogen-bond donors (Lipinski definition) is 4. The van der Waals surface area contributed by atoms with Gasteiger partial charge in [-0.3, -0.25) is 4.79 Å². The van der Waals surface area contributed by atoms with Crippen LogP contribution in [0.5, 0.6) is 0 Å². The Kier molecular flexibility index (Phi) is 14.3. The van der Waals surface area contributed by atoms with Crippen molar-refractivity contribution in [3.63, 3.8) is 0 Å². The normalized spacial score (nSPS) is 11.2. The van der Waals surface area contributed by atoms with Gasteiger partial charge in [-0.25, -0.2) is 14.4 Å². The predicted octanol–water partition coefficient (Wildman–Crippen LogP) is -1.80. The molecule has 0 fully saturated rings. The van der Waals surface area contributed by atoms with Gasteiger partial charge < -0.3 is 44.3 Å². The fourth-order valence-corrected chi connectivity index (χ4v) is 1.99. The Bertz CT molecular complexity index is 474. The average Bonchev–Trinajstić information content (AvgIpc) is 2.60. The van der Waals surface area contributed by atoms with Crippen molar-refractivity contribution in [3.05, 3.63) is 0 Å². The first-order valence-corrected chi connectivity index (χ1v) is 8.56. The highest BCUT2D eigenvalue weighted by atomic mass is 16.5. The first kappa shape index (κ1) is 26.7. The largest absolute Gasteiger partial charge is 0.480 e. The van der Waals surface area contributed by atoms with E-state index in [1.165, 1.54) is 0 Å². The summed E-state index contributed by atoms with van der Waals surface area (Å²) in [5.74, 6) is -4.48. The smallest absolute Gasteiger partial charge is 0.329 e. The first-order chi connectivity index (χ1) is 13.7. The van der Waals surface area contributed by atoms with Gasteiger partial charge in [-0.15, -0.1) is 0 Å². The fourth-order valence-electron chi connectivity index (χ4n) is 1.99. The standard InChI is InChI=1S/C16H27NO12/c1-2-25-3-4-26-5-12(18)17-16(9-27-6-13(19)20,10-28-7-14(21)22)11-29-8-15(23)24/h2-11H2,1H3,(H,17,18)(H,19,20)(H,21,22)(H,23,24). The number of amides is 1. The molecule has 0 aromatic rings. The number of carboxylic acids is 3. The molecule has 0 saturated carbocycles. The van der Waals surface area contributed by atoms with E-state index in [1.807, 2.05) is 0 Å². The third-order valence-corrected chi connectivity index (χ3v) is 3.03. The van der Waals surface area contributed by atoms with Gasteiger partial charge in [0.1, 0.15) is 32.0 Å². The molecule has 4 N–H and O–H groups in total. The van der Waals surface area contributed by atoms with Crippen molar-refractivity contribution in [2.45, 2.75) is 12.5 Å². The van der Waals surface area contributed by atoms with Gasteiger partial charge in [0.15, 0.2) is 0 Å². The summed E-state index contributed by atoms with van der Waals surface area (Å²) in [6, 6.07) is 0. The summed E-state index contributed by atoms with van der Waals surface area (Å²) in [5, 5.41) is 28.6. The van der Waals surface area contributed by atoms with Crippen LogP contribution in [0.3, 0.4) is 0 Å². The lowest BCUT2D eigenvalue weighted by atomic mass is 10.0. The maximum absolute atomic E-state index is 12.2. The third-order valence-electron chi connectivity index (χ3n) is 3.03. The molecule has 0 aliphatic heterocycles. The van der Waals surface area contributed by atoms with E-state index < -0.39 is 69.0 Å². The number of carbonyl (C=O) groups excluding carboxylic acids is 1. The second-order valence-electron chi connectivity index (χ2n) is 5.74. The van der Waals surface area contributed by atoms with E-state index in [-0.39, 0.29) is 19.8 Å². The Morgan fingerprint density at radius 2 is 1.10 bits per heavy atom. The van der Waals surface area contributed by atoms with Crippen molar-refractivity contribution in [3.8, 4) is 0 Å². The molecular formula is C16H27NO12. The SMILES string of the molecule is CCOCCOCC(=O)NC(COCC(=O)O)(COCC(=O)O)COCC(=O)O. The third kappa shape index (κ3) is 15.3. The topological polar surface area (TPSA) is 187 Å². The lowest BCUT2D eigenvalue weighted by molar-refractivity contribution is -0.148. The van der Waals surface area contributed by atoms with E-state index in [0.717, 1.165) is 0 Å². The molecule has 13 heteroatoms. The van der Waals surface area contributed by atoms with Crippen molar-refractivity contribution < 1.29 is 58.2 Å². The van der Waals surface area contributed by atoms with Crippen molar-refractivity contribution in [2.75, 3.05) is 66.1 Å². The van der Waals surface area contributed by atoms with Crippen molar-refractivity contribution in [2.24, 2.45) is 0 Å². The van der Waals surface area contributed by atoms with Crippen LogP contribution in [0.1, 0.15) is 6.92 Å². The highest BCUT2D eigenvalue weighted by Gasteiger charge is 2.34. The summed E-state index contributed by atoms with van der Waals surface area (Å²) in [5.41, 5.74) is -1.54. The van der Waals surface area contributed by atoms with E-state index >= 15 is 0 Å². The molecule has 0 aromatic heterocycles. The van der Waals surface area contributed by atoms with Gasteiger partial charge in [-0.1, -0.05) is 0 Å². The van der Waals surface area contributed by atoms with Crippen LogP contribution in [0.15, 0.2) is 0 Å². The predicted molar refractivity (Wildman–Crippen MR) is 93.6 cm³/mol. The van der Waals surface area contributed by atoms with Crippen LogP contribution in [0.4, 0.5) is 0 Å². The molecule has 0 aromatic carbocycles. The van der Waals surface area contributed by atoms with Crippen molar-refractivity contribution in [1.29, 1.82) is 0 Å². The Balaban J connectivity index is 5.04. The summed E-state index contributed by atoms with van der Waals surface area (Å²) >= 11 is 0. The van der Waals surface area contributed by atoms with E-state index in [1.54, 1.807) is 6.92 Å². The molecule has 168 valence electrons. The van der Waals surface area contributed by atoms with Gasteiger partial charge >= 0.3 is 17.9 Å². The zero-order chi connectivity index (χ0) is 22.1. The summed E-state index contributed by atoms with van der Waals surface area (Å²) in [6.07, 6.45) is 0. The zero-order valence-electron chi connectivity index (χ0n) is 16.1. The van der Waals surface area contributed by atoms with Crippen LogP contribution in [-0.2, 0) is 42.9 Å². The maximum Gasteiger partial charge on any atom is 0.329 e. The molecular weight excluding hydrogens is 398 g/mol. The Morgan fingerprint density at radius 1 is 0.690 bits per heavy atom. The molecule has 0 aliphatic carbocycles. The van der Waals surface area contributed by atoms with Gasteiger partial charge in [0, 0.05) is 6.61 Å². The van der Waals surface area contributed by atoms with Crippen LogP contribution in [0, 0.1) is 0 Å². The Morgan fingerprint density at radius 3 is 1.48 bits per heavy atom. The number of hydrogen-bond acceptors (Lipinski definition) is 9. The number of carboxylic acid groups (broad SMARTS) is 3. The lowest BCUT2D eigenvalue weighted by Gasteiger charge is -2.33. The Labute approximate surface area is 166 Å². The van der Waals surface area contributed by atoms with Crippen LogP contribution < -0.4 is 5.32 Å². The van der Waals surface area contributed by atoms with Gasteiger partial charge in [-0.2, -0.15) is 0 Å². The highest BCUT2D eigenvalue weighted by Crippen LogP contribution is 2.09. The van der Waals surface area contributed by atoms with Gasteiger partial charge in [0.2, 0.25) is 5.91 Å². The van der Waals surface area contributed by atoms with Crippen LogP contribution in [0.25, 0.3) is 0 Å². The summed E-state index contributed by atoms with van der Waals surface area (Å²) < 4.78 is 25.2. The van der Waals surface area contributed by atoms with Crippen LogP contribution in [0.2, 0.25) is 0 Å². The summed E-state index contributed by atoms with van der Waals surface area (Å²) in [7, 11) is 0. The van der Waals surface area contributed by atoms with Gasteiger partial charge in [0.05, 0.1) is 33.0 Å². The van der Waals surface area contributed by atoms with Crippen LogP contribution >= 0.6 is 0 Å². The number of ether oxygens (including phenoxy) is 5. The molecule has 13 nitrogen and oxygen atoms in total. The number of nitrogens with one attached hydrogen (secondary N) is 1. The first-order valence-electron chi connectivity index (χ1n) is 8.56. The molecule has 29 heavy (non-hydrogen) atoms. The minimum atomic E-state index is -1.54. The molecule has 0 bridgehead atoms. The maximum atomic E-state index is 12.2. The van der Waals surface area contributed by atoms with E-state index in [2.05, 4.69) is 5.32 Å². The van der Waals surface area contributed by atoms with E-state index in [4.69, 9.17) is 39.0 Å². The minimum absolute atomic E-state index is 0.148.